The van der Waals surface area contributed by atoms with Gasteiger partial charge in [-0.1, -0.05) is 23.2 Å². The van der Waals surface area contributed by atoms with E-state index >= 15 is 0 Å². The van der Waals surface area contributed by atoms with Crippen molar-refractivity contribution in [2.45, 2.75) is 37.8 Å². The number of amides is 2. The molecule has 5 rings (SSSR count). The molecule has 3 N–H and O–H groups in total. The van der Waals surface area contributed by atoms with Gasteiger partial charge in [-0.3, -0.25) is 9.59 Å². The van der Waals surface area contributed by atoms with E-state index in [1.165, 1.54) is 18.3 Å². The maximum absolute atomic E-state index is 13.7. The molecule has 0 saturated heterocycles. The van der Waals surface area contributed by atoms with Gasteiger partial charge in [0.2, 0.25) is 0 Å². The van der Waals surface area contributed by atoms with Crippen molar-refractivity contribution in [2.75, 3.05) is 6.61 Å². The van der Waals surface area contributed by atoms with Crippen LogP contribution in [0.15, 0.2) is 30.5 Å². The van der Waals surface area contributed by atoms with Crippen LogP contribution in [0.2, 0.25) is 10.2 Å². The second-order valence-electron chi connectivity index (χ2n) is 8.26. The van der Waals surface area contributed by atoms with Crippen molar-refractivity contribution < 1.29 is 23.5 Å². The Morgan fingerprint density at radius 3 is 2.61 bits per heavy atom. The predicted octanol–water partition coefficient (Wildman–Crippen LogP) is 3.19. The van der Waals surface area contributed by atoms with Gasteiger partial charge in [-0.25, -0.2) is 9.37 Å². The minimum atomic E-state index is -0.925. The number of carbonyl (C=O) groups is 2. The lowest BCUT2D eigenvalue weighted by Gasteiger charge is -2.71. The van der Waals surface area contributed by atoms with Crippen molar-refractivity contribution in [3.05, 3.63) is 52.0 Å². The van der Waals surface area contributed by atoms with E-state index in [0.717, 1.165) is 11.6 Å². The monoisotopic (exact) mass is 467 g/mol. The van der Waals surface area contributed by atoms with Crippen LogP contribution in [0, 0.1) is 18.2 Å². The Morgan fingerprint density at radius 2 is 2.00 bits per heavy atom. The molecule has 2 amide bonds. The van der Waals surface area contributed by atoms with Crippen LogP contribution in [0.4, 0.5) is 4.39 Å². The van der Waals surface area contributed by atoms with Crippen molar-refractivity contribution in [2.24, 2.45) is 11.1 Å². The Bertz CT molecular complexity index is 1050. The van der Waals surface area contributed by atoms with Crippen molar-refractivity contribution in [3.63, 3.8) is 0 Å². The SMILES string of the molecule is Cc1cc(Cl)ncc1OCC(=O)NC12CC(C(Oc3ccc(Cl)c(F)c3)C(N)=O)(C1)C2. The summed E-state index contributed by atoms with van der Waals surface area (Å²) in [6, 6.07) is 5.60. The molecule has 0 aliphatic heterocycles. The summed E-state index contributed by atoms with van der Waals surface area (Å²) < 4.78 is 24.9. The van der Waals surface area contributed by atoms with Crippen LogP contribution in [-0.4, -0.2) is 35.0 Å². The molecular weight excluding hydrogens is 448 g/mol. The maximum atomic E-state index is 13.7. The summed E-state index contributed by atoms with van der Waals surface area (Å²) in [4.78, 5) is 28.3. The topological polar surface area (TPSA) is 104 Å². The molecule has 3 aliphatic rings. The molecule has 3 saturated carbocycles. The first kappa shape index (κ1) is 21.6. The molecule has 1 aromatic carbocycles. The van der Waals surface area contributed by atoms with E-state index < -0.39 is 28.8 Å². The van der Waals surface area contributed by atoms with Crippen LogP contribution in [0.3, 0.4) is 0 Å². The number of rotatable bonds is 8. The summed E-state index contributed by atoms with van der Waals surface area (Å²) in [5.41, 5.74) is 5.44. The number of primary amides is 1. The van der Waals surface area contributed by atoms with E-state index in [2.05, 4.69) is 10.3 Å². The Balaban J connectivity index is 1.32. The fourth-order valence-corrected chi connectivity index (χ4v) is 4.91. The normalized spacial score (nSPS) is 24.4. The minimum absolute atomic E-state index is 0.0399. The van der Waals surface area contributed by atoms with Gasteiger partial charge >= 0.3 is 0 Å². The van der Waals surface area contributed by atoms with Gasteiger partial charge < -0.3 is 20.5 Å². The number of benzene rings is 1. The van der Waals surface area contributed by atoms with Crippen molar-refractivity contribution >= 4 is 35.0 Å². The smallest absolute Gasteiger partial charge is 0.259 e. The molecule has 164 valence electrons. The number of pyridine rings is 1. The first-order chi connectivity index (χ1) is 14.6. The summed E-state index contributed by atoms with van der Waals surface area (Å²) in [6.45, 7) is 1.64. The Hall–Kier alpha value is -2.58. The van der Waals surface area contributed by atoms with E-state index in [-0.39, 0.29) is 23.3 Å². The number of nitrogens with zero attached hydrogens (tertiary/aromatic N) is 1. The highest BCUT2D eigenvalue weighted by Crippen LogP contribution is 2.69. The predicted molar refractivity (Wildman–Crippen MR) is 112 cm³/mol. The van der Waals surface area contributed by atoms with Crippen LogP contribution >= 0.6 is 23.2 Å². The van der Waals surface area contributed by atoms with Crippen LogP contribution in [-0.2, 0) is 9.59 Å². The molecule has 3 aliphatic carbocycles. The van der Waals surface area contributed by atoms with Gasteiger partial charge in [-0.05, 0) is 49.9 Å². The third-order valence-electron chi connectivity index (χ3n) is 5.82. The lowest BCUT2D eigenvalue weighted by atomic mass is 9.37. The minimum Gasteiger partial charge on any atom is -0.482 e. The van der Waals surface area contributed by atoms with Crippen molar-refractivity contribution in [3.8, 4) is 11.5 Å². The molecule has 2 bridgehead atoms. The number of aryl methyl sites for hydroxylation is 1. The van der Waals surface area contributed by atoms with Gasteiger partial charge in [0.15, 0.2) is 12.7 Å². The number of hydrogen-bond donors (Lipinski definition) is 2. The number of ether oxygens (including phenoxy) is 2. The Morgan fingerprint density at radius 1 is 1.29 bits per heavy atom. The van der Waals surface area contributed by atoms with Gasteiger partial charge in [0.1, 0.15) is 22.5 Å². The number of carbonyl (C=O) groups excluding carboxylic acids is 2. The average Bonchev–Trinajstić information content (AvgIpc) is 2.64. The molecule has 1 heterocycles. The zero-order valence-electron chi connectivity index (χ0n) is 16.6. The number of nitrogens with one attached hydrogen (secondary N) is 1. The molecular formula is C21H20Cl2FN3O4. The second kappa shape index (κ2) is 7.84. The van der Waals surface area contributed by atoms with Crippen LogP contribution in [0.1, 0.15) is 24.8 Å². The fraction of sp³-hybridized carbons (Fsp3) is 0.381. The summed E-state index contributed by atoms with van der Waals surface area (Å²) in [5, 5.41) is 3.27. The first-order valence-electron chi connectivity index (χ1n) is 9.58. The lowest BCUT2D eigenvalue weighted by Crippen LogP contribution is -2.80. The van der Waals surface area contributed by atoms with Crippen molar-refractivity contribution in [1.82, 2.24) is 10.3 Å². The Kier molecular flexibility index (Phi) is 5.47. The third kappa shape index (κ3) is 4.14. The molecule has 7 nitrogen and oxygen atoms in total. The summed E-state index contributed by atoms with van der Waals surface area (Å²) in [7, 11) is 0. The zero-order chi connectivity index (χ0) is 22.4. The molecule has 0 radical (unpaired) electrons. The highest BCUT2D eigenvalue weighted by atomic mass is 35.5. The number of aromatic nitrogens is 1. The van der Waals surface area contributed by atoms with E-state index in [9.17, 15) is 14.0 Å². The van der Waals surface area contributed by atoms with Gasteiger partial charge in [0.05, 0.1) is 11.2 Å². The lowest BCUT2D eigenvalue weighted by molar-refractivity contribution is -0.208. The summed E-state index contributed by atoms with van der Waals surface area (Å²) >= 11 is 11.5. The maximum Gasteiger partial charge on any atom is 0.259 e. The highest BCUT2D eigenvalue weighted by molar-refractivity contribution is 6.30. The van der Waals surface area contributed by atoms with Crippen LogP contribution in [0.5, 0.6) is 11.5 Å². The molecule has 1 atom stereocenters. The number of halogens is 3. The van der Waals surface area contributed by atoms with Crippen LogP contribution in [0.25, 0.3) is 0 Å². The fourth-order valence-electron chi connectivity index (χ4n) is 4.58. The van der Waals surface area contributed by atoms with E-state index in [1.54, 1.807) is 6.07 Å². The van der Waals surface area contributed by atoms with Gasteiger partial charge in [0, 0.05) is 17.0 Å². The molecule has 31 heavy (non-hydrogen) atoms. The second-order valence-corrected chi connectivity index (χ2v) is 9.05. The van der Waals surface area contributed by atoms with Gasteiger partial charge in [0.25, 0.3) is 11.8 Å². The number of hydrogen-bond acceptors (Lipinski definition) is 5. The van der Waals surface area contributed by atoms with Crippen LogP contribution < -0.4 is 20.5 Å². The molecule has 1 unspecified atom stereocenters. The summed E-state index contributed by atoms with van der Waals surface area (Å²) in [5.74, 6) is -0.905. The molecule has 3 fully saturated rings. The third-order valence-corrected chi connectivity index (χ3v) is 6.34. The average molecular weight is 468 g/mol. The van der Waals surface area contributed by atoms with Gasteiger partial charge in [-0.2, -0.15) is 0 Å². The van der Waals surface area contributed by atoms with Gasteiger partial charge in [-0.15, -0.1) is 0 Å². The van der Waals surface area contributed by atoms with E-state index in [4.69, 9.17) is 38.4 Å². The zero-order valence-corrected chi connectivity index (χ0v) is 18.1. The molecule has 10 heteroatoms. The number of nitrogens with two attached hydrogens (primary N) is 1. The molecule has 1 aromatic heterocycles. The standard InChI is InChI=1S/C21H20Cl2FN3O4/c1-11-4-16(23)26-6-15(11)30-7-17(28)27-21-8-20(9-21,10-21)18(19(25)29)31-12-2-3-13(22)14(24)5-12/h2-6,18H,7-10H2,1H3,(H2,25,29)(H,27,28). The molecule has 2 aromatic rings. The van der Waals surface area contributed by atoms with Crippen molar-refractivity contribution in [1.29, 1.82) is 0 Å². The van der Waals surface area contributed by atoms with E-state index in [0.29, 0.717) is 30.2 Å². The largest absolute Gasteiger partial charge is 0.482 e. The first-order valence-corrected chi connectivity index (χ1v) is 10.3. The summed E-state index contributed by atoms with van der Waals surface area (Å²) in [6.07, 6.45) is 2.16. The highest BCUT2D eigenvalue weighted by Gasteiger charge is 2.73. The Labute approximate surface area is 188 Å². The van der Waals surface area contributed by atoms with E-state index in [1.807, 2.05) is 6.92 Å². The quantitative estimate of drug-likeness (QED) is 0.580. The molecule has 0 spiro atoms.